The lowest BCUT2D eigenvalue weighted by molar-refractivity contribution is -0.140. The number of carbonyl (C=O) groups is 2. The van der Waals surface area contributed by atoms with Gasteiger partial charge in [-0.25, -0.2) is 8.42 Å². The number of nitrogens with zero attached hydrogens (tertiary/aromatic N) is 2. The van der Waals surface area contributed by atoms with Crippen molar-refractivity contribution in [2.45, 2.75) is 46.2 Å². The molecule has 0 bridgehead atoms. The summed E-state index contributed by atoms with van der Waals surface area (Å²) in [5, 5.41) is 3.38. The third kappa shape index (κ3) is 8.57. The monoisotopic (exact) mass is 569 g/mol. The van der Waals surface area contributed by atoms with Crippen LogP contribution in [0.2, 0.25) is 5.02 Å². The van der Waals surface area contributed by atoms with E-state index in [0.29, 0.717) is 22.8 Å². The summed E-state index contributed by atoms with van der Waals surface area (Å²) in [5.41, 5.74) is 3.68. The molecule has 3 rings (SSSR count). The Morgan fingerprint density at radius 1 is 0.949 bits per heavy atom. The van der Waals surface area contributed by atoms with Crippen LogP contribution in [0.15, 0.2) is 72.8 Å². The molecule has 9 heteroatoms. The quantitative estimate of drug-likeness (QED) is 0.336. The normalized spacial score (nSPS) is 12.0. The lowest BCUT2D eigenvalue weighted by Gasteiger charge is -2.33. The molecule has 0 heterocycles. The van der Waals surface area contributed by atoms with Crippen LogP contribution in [0, 0.1) is 13.8 Å². The first-order valence-electron chi connectivity index (χ1n) is 12.9. The number of rotatable bonds is 12. The number of benzene rings is 3. The second kappa shape index (κ2) is 13.6. The molecule has 1 atom stereocenters. The Hall–Kier alpha value is -3.36. The highest BCUT2D eigenvalue weighted by Crippen LogP contribution is 2.24. The fourth-order valence-electron chi connectivity index (χ4n) is 4.44. The van der Waals surface area contributed by atoms with Crippen LogP contribution in [0.25, 0.3) is 0 Å². The van der Waals surface area contributed by atoms with Gasteiger partial charge < -0.3 is 10.2 Å². The highest BCUT2D eigenvalue weighted by Gasteiger charge is 2.33. The average Bonchev–Trinajstić information content (AvgIpc) is 2.88. The minimum absolute atomic E-state index is 0.0417. The second-order valence-electron chi connectivity index (χ2n) is 9.73. The van der Waals surface area contributed by atoms with E-state index in [1.165, 1.54) is 4.90 Å². The highest BCUT2D eigenvalue weighted by atomic mass is 35.5. The van der Waals surface area contributed by atoms with E-state index in [4.69, 9.17) is 11.6 Å². The molecule has 0 spiro atoms. The molecule has 208 valence electrons. The first-order valence-corrected chi connectivity index (χ1v) is 15.1. The molecule has 2 amide bonds. The van der Waals surface area contributed by atoms with Crippen LogP contribution >= 0.6 is 11.6 Å². The van der Waals surface area contributed by atoms with Crippen LogP contribution in [-0.2, 0) is 32.6 Å². The fraction of sp³-hybridized carbons (Fsp3) is 0.333. The smallest absolute Gasteiger partial charge is 0.244 e. The maximum absolute atomic E-state index is 14.1. The summed E-state index contributed by atoms with van der Waals surface area (Å²) in [4.78, 5) is 29.0. The Bertz CT molecular complexity index is 1380. The van der Waals surface area contributed by atoms with Gasteiger partial charge in [-0.3, -0.25) is 13.9 Å². The van der Waals surface area contributed by atoms with Gasteiger partial charge in [0.15, 0.2) is 0 Å². The number of hydrogen-bond acceptors (Lipinski definition) is 4. The topological polar surface area (TPSA) is 86.8 Å². The van der Waals surface area contributed by atoms with Gasteiger partial charge in [0.2, 0.25) is 21.8 Å². The molecular weight excluding hydrogens is 534 g/mol. The molecular formula is C30H36ClN3O4S. The predicted octanol–water partition coefficient (Wildman–Crippen LogP) is 4.89. The van der Waals surface area contributed by atoms with Gasteiger partial charge in [-0.05, 0) is 60.7 Å². The third-order valence-corrected chi connectivity index (χ3v) is 7.80. The summed E-state index contributed by atoms with van der Waals surface area (Å²) >= 11 is 6.47. The zero-order chi connectivity index (χ0) is 28.6. The lowest BCUT2D eigenvalue weighted by Crippen LogP contribution is -2.53. The van der Waals surface area contributed by atoms with Crippen molar-refractivity contribution in [2.75, 3.05) is 23.7 Å². The van der Waals surface area contributed by atoms with E-state index < -0.39 is 28.5 Å². The van der Waals surface area contributed by atoms with Gasteiger partial charge in [0.25, 0.3) is 0 Å². The second-order valence-corrected chi connectivity index (χ2v) is 12.0. The van der Waals surface area contributed by atoms with Crippen molar-refractivity contribution in [1.29, 1.82) is 0 Å². The molecule has 0 aliphatic rings. The molecule has 0 saturated carbocycles. The fourth-order valence-corrected chi connectivity index (χ4v) is 5.47. The van der Waals surface area contributed by atoms with Crippen LogP contribution < -0.4 is 9.62 Å². The molecule has 0 aromatic heterocycles. The molecule has 39 heavy (non-hydrogen) atoms. The van der Waals surface area contributed by atoms with Crippen molar-refractivity contribution in [3.63, 3.8) is 0 Å². The van der Waals surface area contributed by atoms with E-state index in [1.54, 1.807) is 30.3 Å². The Morgan fingerprint density at radius 3 is 2.15 bits per heavy atom. The summed E-state index contributed by atoms with van der Waals surface area (Å²) < 4.78 is 26.9. The summed E-state index contributed by atoms with van der Waals surface area (Å²) in [7, 11) is -3.82. The van der Waals surface area contributed by atoms with Gasteiger partial charge in [0.05, 0.1) is 11.9 Å². The van der Waals surface area contributed by atoms with Gasteiger partial charge in [-0.15, -0.1) is 0 Å². The zero-order valence-corrected chi connectivity index (χ0v) is 24.4. The SMILES string of the molecule is CCCNC(=O)[C@@H](Cc1ccccc1)N(Cc1ccccc1Cl)C(=O)CN(c1cc(C)cc(C)c1)S(C)(=O)=O. The van der Waals surface area contributed by atoms with E-state index in [9.17, 15) is 18.0 Å². The van der Waals surface area contributed by atoms with Gasteiger partial charge in [0, 0.05) is 24.5 Å². The predicted molar refractivity (Wildman–Crippen MR) is 157 cm³/mol. The first kappa shape index (κ1) is 30.2. The van der Waals surface area contributed by atoms with E-state index in [0.717, 1.165) is 33.7 Å². The standard InChI is InChI=1S/C30H36ClN3O4S/c1-5-15-32-30(36)28(19-24-11-7-6-8-12-24)33(20-25-13-9-10-14-27(25)31)29(35)21-34(39(4,37)38)26-17-22(2)16-23(3)18-26/h6-14,16-18,28H,5,15,19-21H2,1-4H3,(H,32,36)/t28-/m1/s1. The molecule has 1 N–H and O–H groups in total. The van der Waals surface area contributed by atoms with E-state index in [-0.39, 0.29) is 18.9 Å². The van der Waals surface area contributed by atoms with Crippen LogP contribution in [0.1, 0.15) is 35.6 Å². The van der Waals surface area contributed by atoms with Crippen molar-refractivity contribution in [3.8, 4) is 0 Å². The molecule has 0 radical (unpaired) electrons. The summed E-state index contributed by atoms with van der Waals surface area (Å²) in [5.74, 6) is -0.814. The van der Waals surface area contributed by atoms with Crippen molar-refractivity contribution in [3.05, 3.63) is 100 Å². The lowest BCUT2D eigenvalue weighted by atomic mass is 10.0. The maximum atomic E-state index is 14.1. The number of sulfonamides is 1. The molecule has 3 aromatic rings. The number of amides is 2. The van der Waals surface area contributed by atoms with Crippen LogP contribution in [0.3, 0.4) is 0 Å². The van der Waals surface area contributed by atoms with E-state index >= 15 is 0 Å². The molecule has 0 aliphatic carbocycles. The van der Waals surface area contributed by atoms with Crippen molar-refractivity contribution in [2.24, 2.45) is 0 Å². The number of carbonyl (C=O) groups excluding carboxylic acids is 2. The van der Waals surface area contributed by atoms with Crippen molar-refractivity contribution >= 4 is 39.1 Å². The van der Waals surface area contributed by atoms with Gasteiger partial charge in [0.1, 0.15) is 12.6 Å². The number of aryl methyl sites for hydroxylation is 2. The van der Waals surface area contributed by atoms with Gasteiger partial charge >= 0.3 is 0 Å². The minimum Gasteiger partial charge on any atom is -0.354 e. The van der Waals surface area contributed by atoms with Gasteiger partial charge in [-0.1, -0.05) is 73.1 Å². The largest absolute Gasteiger partial charge is 0.354 e. The summed E-state index contributed by atoms with van der Waals surface area (Å²) in [6, 6.07) is 21.1. The van der Waals surface area contributed by atoms with Crippen LogP contribution in [0.5, 0.6) is 0 Å². The molecule has 3 aromatic carbocycles. The Balaban J connectivity index is 2.07. The third-order valence-electron chi connectivity index (χ3n) is 6.29. The van der Waals surface area contributed by atoms with E-state index in [1.807, 2.05) is 63.2 Å². The average molecular weight is 570 g/mol. The number of halogens is 1. The molecule has 0 aliphatic heterocycles. The highest BCUT2D eigenvalue weighted by molar-refractivity contribution is 7.92. The van der Waals surface area contributed by atoms with Crippen LogP contribution in [0.4, 0.5) is 5.69 Å². The van der Waals surface area contributed by atoms with E-state index in [2.05, 4.69) is 5.32 Å². The summed E-state index contributed by atoms with van der Waals surface area (Å²) in [6.45, 7) is 5.73. The van der Waals surface area contributed by atoms with Crippen LogP contribution in [-0.4, -0.2) is 50.5 Å². The number of hydrogen-bond donors (Lipinski definition) is 1. The van der Waals surface area contributed by atoms with Gasteiger partial charge in [-0.2, -0.15) is 0 Å². The minimum atomic E-state index is -3.82. The maximum Gasteiger partial charge on any atom is 0.244 e. The van der Waals surface area contributed by atoms with Crippen molar-refractivity contribution < 1.29 is 18.0 Å². The Morgan fingerprint density at radius 2 is 1.56 bits per heavy atom. The first-order chi connectivity index (χ1) is 18.5. The zero-order valence-electron chi connectivity index (χ0n) is 22.9. The number of nitrogens with one attached hydrogen (secondary N) is 1. The summed E-state index contributed by atoms with van der Waals surface area (Å²) in [6.07, 6.45) is 2.07. The Labute approximate surface area is 236 Å². The Kier molecular flexibility index (Phi) is 10.5. The molecule has 0 fully saturated rings. The molecule has 0 saturated heterocycles. The number of anilines is 1. The molecule has 0 unspecified atom stereocenters. The molecule has 7 nitrogen and oxygen atoms in total. The van der Waals surface area contributed by atoms with Crippen molar-refractivity contribution in [1.82, 2.24) is 10.2 Å².